The van der Waals surface area contributed by atoms with Crippen LogP contribution in [0.15, 0.2) is 24.3 Å². The molecule has 1 aliphatic rings. The van der Waals surface area contributed by atoms with Gasteiger partial charge in [0, 0.05) is 12.8 Å². The summed E-state index contributed by atoms with van der Waals surface area (Å²) in [6, 6.07) is 0. The maximum Gasteiger partial charge on any atom is 0.469 e. The van der Waals surface area contributed by atoms with Crippen LogP contribution in [-0.2, 0) is 32.9 Å². The average Bonchev–Trinajstić information content (AvgIpc) is 3.88. The van der Waals surface area contributed by atoms with Gasteiger partial charge in [-0.1, -0.05) is 154 Å². The van der Waals surface area contributed by atoms with E-state index in [-0.39, 0.29) is 19.4 Å². The SMILES string of the molecule is CCCCCCCC/C=C\CCCCCCCCCCCC(=O)OC[C@H](COP(=O)(O)O)OC(=O)CCCCCCC/C=C\CC1OC1CCCCC. The maximum atomic E-state index is 12.4. The Kier molecular flexibility index (Phi) is 32.6. The normalized spacial score (nSPS) is 16.5. The molecule has 1 heterocycles. The minimum atomic E-state index is -4.76. The van der Waals surface area contributed by atoms with Crippen molar-refractivity contribution >= 4 is 19.8 Å². The van der Waals surface area contributed by atoms with Crippen LogP contribution in [-0.4, -0.2) is 53.3 Å². The first-order valence-corrected chi connectivity index (χ1v) is 23.3. The minimum absolute atomic E-state index is 0.192. The number of phosphoric acid groups is 1. The molecule has 1 fully saturated rings. The molecule has 3 atom stereocenters. The topological polar surface area (TPSA) is 132 Å². The summed E-state index contributed by atoms with van der Waals surface area (Å²) in [7, 11) is -4.76. The summed E-state index contributed by atoms with van der Waals surface area (Å²) >= 11 is 0. The molecule has 0 spiro atoms. The standard InChI is InChI=1S/C43H79O9P/c1-3-5-7-8-9-10-11-12-13-14-15-16-17-18-19-20-24-27-31-35-42(44)49-37-39(38-50-53(46,47)48)51-43(45)36-32-28-25-22-21-23-26-30-34-41-40(52-41)33-29-6-4-2/h12-13,26,30,39-41H,3-11,14-25,27-29,31-38H2,1-2H3,(H2,46,47,48)/b13-12-,30-26-/t39-,40?,41?/m1/s1. The zero-order chi connectivity index (χ0) is 38.7. The first-order chi connectivity index (χ1) is 25.7. The van der Waals surface area contributed by atoms with Crippen molar-refractivity contribution in [1.29, 1.82) is 0 Å². The van der Waals surface area contributed by atoms with Gasteiger partial charge in [-0.2, -0.15) is 0 Å². The van der Waals surface area contributed by atoms with Crippen molar-refractivity contribution in [2.24, 2.45) is 0 Å². The van der Waals surface area contributed by atoms with E-state index in [1.54, 1.807) is 0 Å². The zero-order valence-corrected chi connectivity index (χ0v) is 34.8. The molecule has 2 N–H and O–H groups in total. The third-order valence-corrected chi connectivity index (χ3v) is 10.4. The summed E-state index contributed by atoms with van der Waals surface area (Å²) < 4.78 is 32.1. The monoisotopic (exact) mass is 771 g/mol. The van der Waals surface area contributed by atoms with E-state index in [1.165, 1.54) is 116 Å². The van der Waals surface area contributed by atoms with E-state index >= 15 is 0 Å². The van der Waals surface area contributed by atoms with Gasteiger partial charge in [0.05, 0.1) is 18.8 Å². The van der Waals surface area contributed by atoms with Crippen molar-refractivity contribution in [2.75, 3.05) is 13.2 Å². The molecule has 1 saturated heterocycles. The summed E-state index contributed by atoms with van der Waals surface area (Å²) in [5.41, 5.74) is 0. The number of unbranched alkanes of at least 4 members (excludes halogenated alkanes) is 22. The molecule has 0 saturated carbocycles. The van der Waals surface area contributed by atoms with Gasteiger partial charge in [-0.25, -0.2) is 4.57 Å². The number of phosphoric ester groups is 1. The van der Waals surface area contributed by atoms with Crippen molar-refractivity contribution in [3.05, 3.63) is 24.3 Å². The van der Waals surface area contributed by atoms with Gasteiger partial charge in [-0.05, 0) is 64.2 Å². The Morgan fingerprint density at radius 2 is 1.04 bits per heavy atom. The zero-order valence-electron chi connectivity index (χ0n) is 33.9. The van der Waals surface area contributed by atoms with Crippen LogP contribution in [0.3, 0.4) is 0 Å². The van der Waals surface area contributed by atoms with E-state index < -0.39 is 32.5 Å². The summed E-state index contributed by atoms with van der Waals surface area (Å²) in [6.45, 7) is 3.65. The molecule has 1 rings (SSSR count). The molecular formula is C43H79O9P. The lowest BCUT2D eigenvalue weighted by molar-refractivity contribution is -0.161. The fourth-order valence-electron chi connectivity index (χ4n) is 6.49. The van der Waals surface area contributed by atoms with E-state index in [2.05, 4.69) is 42.7 Å². The second-order valence-electron chi connectivity index (χ2n) is 15.1. The van der Waals surface area contributed by atoms with Gasteiger partial charge in [0.2, 0.25) is 0 Å². The van der Waals surface area contributed by atoms with Gasteiger partial charge < -0.3 is 24.0 Å². The van der Waals surface area contributed by atoms with Crippen molar-refractivity contribution in [3.8, 4) is 0 Å². The fraction of sp³-hybridized carbons (Fsp3) is 0.860. The van der Waals surface area contributed by atoms with Crippen LogP contribution in [0.4, 0.5) is 0 Å². The second-order valence-corrected chi connectivity index (χ2v) is 16.3. The lowest BCUT2D eigenvalue weighted by Gasteiger charge is -2.18. The van der Waals surface area contributed by atoms with E-state index in [1.807, 2.05) is 0 Å². The van der Waals surface area contributed by atoms with Gasteiger partial charge in [0.15, 0.2) is 6.10 Å². The molecule has 0 aromatic heterocycles. The molecule has 0 bridgehead atoms. The molecule has 0 aromatic carbocycles. The van der Waals surface area contributed by atoms with Crippen LogP contribution < -0.4 is 0 Å². The van der Waals surface area contributed by atoms with E-state index in [4.69, 9.17) is 24.0 Å². The number of ether oxygens (including phenoxy) is 3. The first kappa shape index (κ1) is 49.5. The number of hydrogen-bond donors (Lipinski definition) is 2. The van der Waals surface area contributed by atoms with Crippen LogP contribution in [0.5, 0.6) is 0 Å². The second kappa shape index (κ2) is 34.9. The van der Waals surface area contributed by atoms with Gasteiger partial charge in [0.1, 0.15) is 6.61 Å². The van der Waals surface area contributed by atoms with Crippen LogP contribution in [0.25, 0.3) is 0 Å². The lowest BCUT2D eigenvalue weighted by Crippen LogP contribution is -2.29. The van der Waals surface area contributed by atoms with E-state index in [0.717, 1.165) is 57.8 Å². The highest BCUT2D eigenvalue weighted by Crippen LogP contribution is 2.36. The molecular weight excluding hydrogens is 691 g/mol. The van der Waals surface area contributed by atoms with E-state index in [0.29, 0.717) is 18.6 Å². The molecule has 0 aliphatic carbocycles. The molecule has 2 unspecified atom stereocenters. The van der Waals surface area contributed by atoms with Crippen molar-refractivity contribution < 1.29 is 42.7 Å². The fourth-order valence-corrected chi connectivity index (χ4v) is 6.85. The third kappa shape index (κ3) is 34.7. The van der Waals surface area contributed by atoms with Gasteiger partial charge in [0.25, 0.3) is 0 Å². The highest BCUT2D eigenvalue weighted by atomic mass is 31.2. The summed E-state index contributed by atoms with van der Waals surface area (Å²) in [5, 5.41) is 0. The van der Waals surface area contributed by atoms with Gasteiger partial charge in [-0.3, -0.25) is 14.1 Å². The van der Waals surface area contributed by atoms with Crippen molar-refractivity contribution in [2.45, 2.75) is 225 Å². The van der Waals surface area contributed by atoms with Crippen LogP contribution in [0, 0.1) is 0 Å². The molecule has 10 heteroatoms. The lowest BCUT2D eigenvalue weighted by atomic mass is 10.1. The molecule has 0 radical (unpaired) electrons. The molecule has 9 nitrogen and oxygen atoms in total. The van der Waals surface area contributed by atoms with Crippen molar-refractivity contribution in [3.63, 3.8) is 0 Å². The largest absolute Gasteiger partial charge is 0.469 e. The van der Waals surface area contributed by atoms with Crippen LogP contribution in [0.1, 0.15) is 206 Å². The third-order valence-electron chi connectivity index (χ3n) is 9.87. The molecule has 53 heavy (non-hydrogen) atoms. The molecule has 0 amide bonds. The first-order valence-electron chi connectivity index (χ1n) is 21.8. The summed E-state index contributed by atoms with van der Waals surface area (Å²) in [4.78, 5) is 42.9. The molecule has 0 aromatic rings. The van der Waals surface area contributed by atoms with Gasteiger partial charge >= 0.3 is 19.8 Å². The Balaban J connectivity index is 2.03. The maximum absolute atomic E-state index is 12.4. The van der Waals surface area contributed by atoms with Crippen LogP contribution >= 0.6 is 7.82 Å². The smallest absolute Gasteiger partial charge is 0.462 e. The minimum Gasteiger partial charge on any atom is -0.462 e. The predicted octanol–water partition coefficient (Wildman–Crippen LogP) is 12.2. The highest BCUT2D eigenvalue weighted by Gasteiger charge is 2.36. The van der Waals surface area contributed by atoms with Crippen molar-refractivity contribution in [1.82, 2.24) is 0 Å². The number of rotatable bonds is 39. The highest BCUT2D eigenvalue weighted by molar-refractivity contribution is 7.46. The van der Waals surface area contributed by atoms with E-state index in [9.17, 15) is 14.2 Å². The Hall–Kier alpha value is -1.51. The predicted molar refractivity (Wildman–Crippen MR) is 216 cm³/mol. The quantitative estimate of drug-likeness (QED) is 0.0206. The number of hydrogen-bond acceptors (Lipinski definition) is 7. The number of esters is 2. The Morgan fingerprint density at radius 1 is 0.585 bits per heavy atom. The molecule has 310 valence electrons. The molecule has 1 aliphatic heterocycles. The summed E-state index contributed by atoms with van der Waals surface area (Å²) in [6.07, 6.45) is 42.1. The van der Waals surface area contributed by atoms with Gasteiger partial charge in [-0.15, -0.1) is 0 Å². The number of carbonyl (C=O) groups excluding carboxylic acids is 2. The Labute approximate surface area is 324 Å². The number of carbonyl (C=O) groups is 2. The Bertz CT molecular complexity index is 979. The Morgan fingerprint density at radius 3 is 1.57 bits per heavy atom. The number of allylic oxidation sites excluding steroid dienone is 3. The van der Waals surface area contributed by atoms with Crippen LogP contribution in [0.2, 0.25) is 0 Å². The number of epoxide rings is 1. The average molecular weight is 771 g/mol. The summed E-state index contributed by atoms with van der Waals surface area (Å²) in [5.74, 6) is -0.903.